The first-order chi connectivity index (χ1) is 9.37. The average Bonchev–Trinajstić information content (AvgIpc) is 2.37. The summed E-state index contributed by atoms with van der Waals surface area (Å²) in [5, 5.41) is 0. The molecule has 1 aromatic carbocycles. The number of nitrogens with zero attached hydrogens (tertiary/aromatic N) is 1. The molecule has 1 fully saturated rings. The maximum absolute atomic E-state index is 12.4. The summed E-state index contributed by atoms with van der Waals surface area (Å²) < 4.78 is 5.82. The summed E-state index contributed by atoms with van der Waals surface area (Å²) in [4.78, 5) is 14.3. The van der Waals surface area contributed by atoms with Crippen molar-refractivity contribution in [2.75, 3.05) is 13.1 Å². The maximum Gasteiger partial charge on any atom is 0.224 e. The highest BCUT2D eigenvalue weighted by Crippen LogP contribution is 2.23. The molecule has 0 aromatic heterocycles. The molecule has 2 atom stereocenters. The zero-order chi connectivity index (χ0) is 14.8. The fraction of sp³-hybridized carbons (Fsp3) is 0.562. The zero-order valence-corrected chi connectivity index (χ0v) is 12.5. The lowest BCUT2D eigenvalue weighted by Crippen LogP contribution is -2.54. The normalized spacial score (nSPS) is 23.4. The van der Waals surface area contributed by atoms with Gasteiger partial charge in [0.2, 0.25) is 5.91 Å². The molecule has 4 nitrogen and oxygen atoms in total. The summed E-state index contributed by atoms with van der Waals surface area (Å²) in [7, 11) is 0. The van der Waals surface area contributed by atoms with Crippen LogP contribution in [0, 0.1) is 0 Å². The van der Waals surface area contributed by atoms with Crippen molar-refractivity contribution in [1.29, 1.82) is 0 Å². The van der Waals surface area contributed by atoms with E-state index in [0.29, 0.717) is 19.5 Å². The molecule has 0 spiro atoms. The minimum Gasteiger partial charge on any atom is -0.369 e. The molecule has 0 aliphatic carbocycles. The fourth-order valence-corrected chi connectivity index (χ4v) is 2.78. The Bertz CT molecular complexity index is 459. The van der Waals surface area contributed by atoms with Gasteiger partial charge in [0.15, 0.2) is 0 Å². The molecule has 2 rings (SSSR count). The van der Waals surface area contributed by atoms with Crippen LogP contribution in [0.3, 0.4) is 0 Å². The van der Waals surface area contributed by atoms with E-state index in [1.807, 2.05) is 56.0 Å². The van der Waals surface area contributed by atoms with Crippen molar-refractivity contribution in [2.24, 2.45) is 5.73 Å². The van der Waals surface area contributed by atoms with Gasteiger partial charge in [-0.05, 0) is 26.3 Å². The van der Waals surface area contributed by atoms with E-state index in [1.54, 1.807) is 0 Å². The monoisotopic (exact) mass is 276 g/mol. The highest BCUT2D eigenvalue weighted by Gasteiger charge is 2.33. The molecule has 1 heterocycles. The second-order valence-electron chi connectivity index (χ2n) is 6.18. The Balaban J connectivity index is 1.98. The molecular weight excluding hydrogens is 252 g/mol. The van der Waals surface area contributed by atoms with Crippen molar-refractivity contribution < 1.29 is 9.53 Å². The number of morpholine rings is 1. The van der Waals surface area contributed by atoms with Crippen LogP contribution >= 0.6 is 0 Å². The summed E-state index contributed by atoms with van der Waals surface area (Å²) in [5.74, 6) is 0.101. The summed E-state index contributed by atoms with van der Waals surface area (Å²) in [6.07, 6.45) is 0.406. The topological polar surface area (TPSA) is 55.6 Å². The van der Waals surface area contributed by atoms with Crippen LogP contribution in [0.15, 0.2) is 30.3 Å². The average molecular weight is 276 g/mol. The lowest BCUT2D eigenvalue weighted by Gasteiger charge is -2.42. The van der Waals surface area contributed by atoms with E-state index in [2.05, 4.69) is 0 Å². The Morgan fingerprint density at radius 3 is 2.70 bits per heavy atom. The van der Waals surface area contributed by atoms with Crippen molar-refractivity contribution in [3.05, 3.63) is 35.9 Å². The lowest BCUT2D eigenvalue weighted by molar-refractivity contribution is -0.158. The number of hydrogen-bond acceptors (Lipinski definition) is 3. The first-order valence-corrected chi connectivity index (χ1v) is 7.13. The van der Waals surface area contributed by atoms with Crippen LogP contribution in [-0.4, -0.2) is 35.6 Å². The highest BCUT2D eigenvalue weighted by molar-refractivity contribution is 5.77. The summed E-state index contributed by atoms with van der Waals surface area (Å²) in [6.45, 7) is 7.29. The molecule has 0 radical (unpaired) electrons. The van der Waals surface area contributed by atoms with Crippen LogP contribution < -0.4 is 5.73 Å². The minimum absolute atomic E-state index is 0.0654. The van der Waals surface area contributed by atoms with Crippen molar-refractivity contribution in [1.82, 2.24) is 4.90 Å². The molecular formula is C16H24N2O2. The Morgan fingerprint density at radius 2 is 2.10 bits per heavy atom. The number of amides is 1. The van der Waals surface area contributed by atoms with Crippen LogP contribution in [0.2, 0.25) is 0 Å². The largest absolute Gasteiger partial charge is 0.369 e. The van der Waals surface area contributed by atoms with Gasteiger partial charge in [-0.2, -0.15) is 0 Å². The number of ether oxygens (including phenoxy) is 1. The van der Waals surface area contributed by atoms with Gasteiger partial charge in [0.25, 0.3) is 0 Å². The predicted octanol–water partition coefficient (Wildman–Crippen LogP) is 2.10. The molecule has 1 aliphatic rings. The predicted molar refractivity (Wildman–Crippen MR) is 79.2 cm³/mol. The van der Waals surface area contributed by atoms with Crippen LogP contribution in [0.4, 0.5) is 0 Å². The Hall–Kier alpha value is -1.39. The van der Waals surface area contributed by atoms with Crippen molar-refractivity contribution in [3.8, 4) is 0 Å². The smallest absolute Gasteiger partial charge is 0.224 e. The van der Waals surface area contributed by atoms with E-state index < -0.39 is 0 Å². The highest BCUT2D eigenvalue weighted by atomic mass is 16.5. The number of benzene rings is 1. The van der Waals surface area contributed by atoms with Crippen molar-refractivity contribution in [2.45, 2.75) is 44.9 Å². The van der Waals surface area contributed by atoms with E-state index >= 15 is 0 Å². The van der Waals surface area contributed by atoms with Gasteiger partial charge in [0, 0.05) is 25.6 Å². The third-order valence-electron chi connectivity index (χ3n) is 3.54. The van der Waals surface area contributed by atoms with Crippen molar-refractivity contribution >= 4 is 5.91 Å². The number of carbonyl (C=O) groups excluding carboxylic acids is 1. The number of rotatable bonds is 3. The van der Waals surface area contributed by atoms with Gasteiger partial charge < -0.3 is 15.4 Å². The van der Waals surface area contributed by atoms with Gasteiger partial charge in [-0.3, -0.25) is 4.79 Å². The molecule has 1 aromatic rings. The van der Waals surface area contributed by atoms with E-state index in [9.17, 15) is 4.79 Å². The SMILES string of the molecule is C[C@H]1CN(C(=O)C[C@H](N)c2ccccc2)CC(C)(C)O1. The molecule has 0 saturated carbocycles. The van der Waals surface area contributed by atoms with Crippen LogP contribution in [0.25, 0.3) is 0 Å². The van der Waals surface area contributed by atoms with Crippen LogP contribution in [0.5, 0.6) is 0 Å². The second kappa shape index (κ2) is 5.94. The van der Waals surface area contributed by atoms with Crippen molar-refractivity contribution in [3.63, 3.8) is 0 Å². The quantitative estimate of drug-likeness (QED) is 0.920. The van der Waals surface area contributed by atoms with Gasteiger partial charge in [0.05, 0.1) is 11.7 Å². The number of hydrogen-bond donors (Lipinski definition) is 1. The number of carbonyl (C=O) groups is 1. The Morgan fingerprint density at radius 1 is 1.45 bits per heavy atom. The first-order valence-electron chi connectivity index (χ1n) is 7.13. The molecule has 1 aliphatic heterocycles. The number of nitrogens with two attached hydrogens (primary N) is 1. The molecule has 20 heavy (non-hydrogen) atoms. The van der Waals surface area contributed by atoms with E-state index in [-0.39, 0.29) is 23.7 Å². The Kier molecular flexibility index (Phi) is 4.45. The van der Waals surface area contributed by atoms with Crippen LogP contribution in [0.1, 0.15) is 38.8 Å². The third-order valence-corrected chi connectivity index (χ3v) is 3.54. The van der Waals surface area contributed by atoms with Gasteiger partial charge >= 0.3 is 0 Å². The third kappa shape index (κ3) is 3.81. The Labute approximate surface area is 120 Å². The molecule has 4 heteroatoms. The first kappa shape index (κ1) is 15.0. The minimum atomic E-state index is -0.288. The fourth-order valence-electron chi connectivity index (χ4n) is 2.78. The summed E-state index contributed by atoms with van der Waals surface area (Å²) >= 11 is 0. The molecule has 0 bridgehead atoms. The summed E-state index contributed by atoms with van der Waals surface area (Å²) in [6, 6.07) is 9.52. The molecule has 110 valence electrons. The molecule has 2 N–H and O–H groups in total. The van der Waals surface area contributed by atoms with Gasteiger partial charge in [-0.1, -0.05) is 30.3 Å². The van der Waals surface area contributed by atoms with E-state index in [0.717, 1.165) is 5.56 Å². The van der Waals surface area contributed by atoms with Gasteiger partial charge in [-0.15, -0.1) is 0 Å². The second-order valence-corrected chi connectivity index (χ2v) is 6.18. The van der Waals surface area contributed by atoms with E-state index in [1.165, 1.54) is 0 Å². The molecule has 1 amide bonds. The lowest BCUT2D eigenvalue weighted by atomic mass is 10.0. The maximum atomic E-state index is 12.4. The summed E-state index contributed by atoms with van der Waals surface area (Å²) in [5.41, 5.74) is 6.84. The van der Waals surface area contributed by atoms with Crippen LogP contribution in [-0.2, 0) is 9.53 Å². The van der Waals surface area contributed by atoms with Gasteiger partial charge in [0.1, 0.15) is 0 Å². The van der Waals surface area contributed by atoms with E-state index in [4.69, 9.17) is 10.5 Å². The van der Waals surface area contributed by atoms with Gasteiger partial charge in [-0.25, -0.2) is 0 Å². The zero-order valence-electron chi connectivity index (χ0n) is 12.5. The standard InChI is InChI=1S/C16H24N2O2/c1-12-10-18(11-16(2,3)20-12)15(19)9-14(17)13-7-5-4-6-8-13/h4-8,12,14H,9-11,17H2,1-3H3/t12-,14-/m0/s1. The molecule has 1 saturated heterocycles. The molecule has 0 unspecified atom stereocenters.